The first kappa shape index (κ1) is 13.7. The highest BCUT2D eigenvalue weighted by Crippen LogP contribution is 2.22. The summed E-state index contributed by atoms with van der Waals surface area (Å²) in [6.45, 7) is 5.49. The molecule has 2 aromatic heterocycles. The average Bonchev–Trinajstić information content (AvgIpc) is 2.66. The summed E-state index contributed by atoms with van der Waals surface area (Å²) in [5.74, 6) is 0.551. The smallest absolute Gasteiger partial charge is 0.238 e. The summed E-state index contributed by atoms with van der Waals surface area (Å²) in [6, 6.07) is 0. The van der Waals surface area contributed by atoms with Crippen molar-refractivity contribution in [3.8, 4) is 0 Å². The standard InChI is InChI=1S/C11H14F3N5/c1-10(2,3)9-15-6-7-8(16-9)19(18-17-7)5-4-11(12,13)14/h6H,4-5H2,1-3H3. The molecule has 2 heterocycles. The van der Waals surface area contributed by atoms with Gasteiger partial charge < -0.3 is 0 Å². The van der Waals surface area contributed by atoms with Gasteiger partial charge in [0.05, 0.1) is 19.2 Å². The SMILES string of the molecule is CC(C)(C)c1ncc2nnn(CCC(F)(F)F)c2n1. The molecule has 0 atom stereocenters. The number of hydrogen-bond donors (Lipinski definition) is 0. The normalized spacial score (nSPS) is 13.2. The van der Waals surface area contributed by atoms with Crippen LogP contribution < -0.4 is 0 Å². The third-order valence-electron chi connectivity index (χ3n) is 2.53. The molecule has 19 heavy (non-hydrogen) atoms. The first-order valence-corrected chi connectivity index (χ1v) is 5.80. The fourth-order valence-electron chi connectivity index (χ4n) is 1.52. The molecule has 0 bridgehead atoms. The second-order valence-electron chi connectivity index (χ2n) is 5.33. The lowest BCUT2D eigenvalue weighted by molar-refractivity contribution is -0.137. The number of rotatable bonds is 2. The molecule has 8 heteroatoms. The third-order valence-corrected chi connectivity index (χ3v) is 2.53. The van der Waals surface area contributed by atoms with E-state index >= 15 is 0 Å². The van der Waals surface area contributed by atoms with Crippen molar-refractivity contribution in [1.29, 1.82) is 0 Å². The van der Waals surface area contributed by atoms with Crippen LogP contribution in [0, 0.1) is 0 Å². The molecule has 0 saturated carbocycles. The Balaban J connectivity index is 2.35. The average molecular weight is 273 g/mol. The molecule has 5 nitrogen and oxygen atoms in total. The van der Waals surface area contributed by atoms with Crippen molar-refractivity contribution in [2.45, 2.75) is 45.3 Å². The van der Waals surface area contributed by atoms with Gasteiger partial charge in [0, 0.05) is 5.41 Å². The lowest BCUT2D eigenvalue weighted by Crippen LogP contribution is -2.17. The van der Waals surface area contributed by atoms with E-state index in [1.807, 2.05) is 20.8 Å². The van der Waals surface area contributed by atoms with Gasteiger partial charge in [-0.15, -0.1) is 5.10 Å². The fraction of sp³-hybridized carbons (Fsp3) is 0.636. The molecule has 0 aromatic carbocycles. The van der Waals surface area contributed by atoms with Crippen molar-refractivity contribution >= 4 is 11.2 Å². The first-order chi connectivity index (χ1) is 8.67. The van der Waals surface area contributed by atoms with Crippen molar-refractivity contribution in [3.05, 3.63) is 12.0 Å². The molecule has 0 saturated heterocycles. The van der Waals surface area contributed by atoms with Crippen molar-refractivity contribution in [3.63, 3.8) is 0 Å². The maximum atomic E-state index is 12.2. The molecular formula is C11H14F3N5. The Kier molecular flexibility index (Phi) is 3.19. The maximum absolute atomic E-state index is 12.2. The van der Waals surface area contributed by atoms with Crippen molar-refractivity contribution in [2.75, 3.05) is 0 Å². The number of aryl methyl sites for hydroxylation is 1. The molecule has 0 unspecified atom stereocenters. The first-order valence-electron chi connectivity index (χ1n) is 5.80. The Morgan fingerprint density at radius 2 is 1.89 bits per heavy atom. The highest BCUT2D eigenvalue weighted by atomic mass is 19.4. The summed E-state index contributed by atoms with van der Waals surface area (Å²) in [4.78, 5) is 8.42. The molecule has 0 aliphatic rings. The summed E-state index contributed by atoms with van der Waals surface area (Å²) in [5, 5.41) is 7.45. The van der Waals surface area contributed by atoms with Gasteiger partial charge in [0.1, 0.15) is 5.82 Å². The monoisotopic (exact) mass is 273 g/mol. The van der Waals surface area contributed by atoms with Gasteiger partial charge in [0.15, 0.2) is 11.2 Å². The molecule has 0 aliphatic heterocycles. The summed E-state index contributed by atoms with van der Waals surface area (Å²) in [6.07, 6.45) is -3.70. The molecule has 0 amide bonds. The molecular weight excluding hydrogens is 259 g/mol. The summed E-state index contributed by atoms with van der Waals surface area (Å²) >= 11 is 0. The van der Waals surface area contributed by atoms with Crippen LogP contribution in [0.2, 0.25) is 0 Å². The van der Waals surface area contributed by atoms with Gasteiger partial charge in [-0.05, 0) is 0 Å². The Hall–Kier alpha value is -1.73. The van der Waals surface area contributed by atoms with Gasteiger partial charge >= 0.3 is 6.18 Å². The number of nitrogens with zero attached hydrogens (tertiary/aromatic N) is 5. The maximum Gasteiger partial charge on any atom is 0.390 e. The second kappa shape index (κ2) is 4.43. The number of halogens is 3. The van der Waals surface area contributed by atoms with E-state index in [0.717, 1.165) is 0 Å². The van der Waals surface area contributed by atoms with Crippen molar-refractivity contribution < 1.29 is 13.2 Å². The molecule has 104 valence electrons. The van der Waals surface area contributed by atoms with E-state index in [4.69, 9.17) is 0 Å². The van der Waals surface area contributed by atoms with Crippen LogP contribution in [-0.4, -0.2) is 31.1 Å². The highest BCUT2D eigenvalue weighted by Gasteiger charge is 2.27. The predicted octanol–water partition coefficient (Wildman–Crippen LogP) is 2.47. The van der Waals surface area contributed by atoms with E-state index in [9.17, 15) is 13.2 Å². The predicted molar refractivity (Wildman–Crippen MR) is 62.5 cm³/mol. The molecule has 0 radical (unpaired) electrons. The van der Waals surface area contributed by atoms with E-state index in [2.05, 4.69) is 20.3 Å². The van der Waals surface area contributed by atoms with Gasteiger partial charge in [-0.2, -0.15) is 13.2 Å². The zero-order chi connectivity index (χ0) is 14.3. The van der Waals surface area contributed by atoms with Gasteiger partial charge in [0.25, 0.3) is 0 Å². The molecule has 0 N–H and O–H groups in total. The Morgan fingerprint density at radius 1 is 1.21 bits per heavy atom. The van der Waals surface area contributed by atoms with Crippen LogP contribution in [0.1, 0.15) is 33.0 Å². The van der Waals surface area contributed by atoms with E-state index < -0.39 is 12.6 Å². The van der Waals surface area contributed by atoms with Gasteiger partial charge in [-0.1, -0.05) is 26.0 Å². The minimum atomic E-state index is -4.22. The molecule has 0 fully saturated rings. The zero-order valence-electron chi connectivity index (χ0n) is 10.9. The molecule has 0 aliphatic carbocycles. The largest absolute Gasteiger partial charge is 0.390 e. The topological polar surface area (TPSA) is 56.5 Å². The van der Waals surface area contributed by atoms with Crippen molar-refractivity contribution in [1.82, 2.24) is 25.0 Å². The van der Waals surface area contributed by atoms with Gasteiger partial charge in [-0.25, -0.2) is 14.6 Å². The van der Waals surface area contributed by atoms with E-state index in [0.29, 0.717) is 17.0 Å². The van der Waals surface area contributed by atoms with Gasteiger partial charge in [-0.3, -0.25) is 0 Å². The number of fused-ring (bicyclic) bond motifs is 1. The van der Waals surface area contributed by atoms with Crippen LogP contribution in [0.5, 0.6) is 0 Å². The second-order valence-corrected chi connectivity index (χ2v) is 5.33. The Bertz CT molecular complexity index is 582. The summed E-state index contributed by atoms with van der Waals surface area (Å²) in [5.41, 5.74) is 0.451. The van der Waals surface area contributed by atoms with Crippen LogP contribution in [0.25, 0.3) is 11.2 Å². The highest BCUT2D eigenvalue weighted by molar-refractivity contribution is 5.68. The number of alkyl halides is 3. The summed E-state index contributed by atoms with van der Waals surface area (Å²) < 4.78 is 37.8. The number of hydrogen-bond acceptors (Lipinski definition) is 4. The van der Waals surface area contributed by atoms with Crippen molar-refractivity contribution in [2.24, 2.45) is 0 Å². The fourth-order valence-corrected chi connectivity index (χ4v) is 1.52. The number of aromatic nitrogens is 5. The van der Waals surface area contributed by atoms with Crippen LogP contribution in [-0.2, 0) is 12.0 Å². The quantitative estimate of drug-likeness (QED) is 0.843. The van der Waals surface area contributed by atoms with E-state index in [-0.39, 0.29) is 12.0 Å². The van der Waals surface area contributed by atoms with E-state index in [1.165, 1.54) is 10.9 Å². The van der Waals surface area contributed by atoms with E-state index in [1.54, 1.807) is 0 Å². The minimum absolute atomic E-state index is 0.284. The Morgan fingerprint density at radius 3 is 2.47 bits per heavy atom. The zero-order valence-corrected chi connectivity index (χ0v) is 10.9. The third kappa shape index (κ3) is 3.18. The lowest BCUT2D eigenvalue weighted by atomic mass is 9.96. The van der Waals surface area contributed by atoms with Crippen LogP contribution in [0.15, 0.2) is 6.20 Å². The van der Waals surface area contributed by atoms with Crippen LogP contribution >= 0.6 is 0 Å². The summed E-state index contributed by atoms with van der Waals surface area (Å²) in [7, 11) is 0. The molecule has 2 aromatic rings. The molecule has 2 rings (SSSR count). The van der Waals surface area contributed by atoms with Crippen LogP contribution in [0.3, 0.4) is 0 Å². The Labute approximate surface area is 107 Å². The molecule has 0 spiro atoms. The van der Waals surface area contributed by atoms with Gasteiger partial charge in [0.2, 0.25) is 0 Å². The van der Waals surface area contributed by atoms with Crippen LogP contribution in [0.4, 0.5) is 13.2 Å². The minimum Gasteiger partial charge on any atom is -0.238 e. The lowest BCUT2D eigenvalue weighted by Gasteiger charge is -2.15.